The summed E-state index contributed by atoms with van der Waals surface area (Å²) in [4.78, 5) is 21.2. The van der Waals surface area contributed by atoms with Crippen LogP contribution in [0, 0.1) is 0 Å². The van der Waals surface area contributed by atoms with Gasteiger partial charge in [-0.1, -0.05) is 30.3 Å². The number of hydrogen-bond acceptors (Lipinski definition) is 3. The first kappa shape index (κ1) is 16.9. The molecule has 2 aromatic carbocycles. The number of carbonyl (C=O) groups excluding carboxylic acids is 1. The number of nitrogens with zero attached hydrogens (tertiary/aromatic N) is 2. The van der Waals surface area contributed by atoms with Crippen LogP contribution >= 0.6 is 0 Å². The molecule has 1 N–H and O–H groups in total. The van der Waals surface area contributed by atoms with Crippen LogP contribution in [0.2, 0.25) is 0 Å². The number of hydrogen-bond donors (Lipinski definition) is 1. The van der Waals surface area contributed by atoms with E-state index in [-0.39, 0.29) is 5.91 Å². The molecular formula is C24H21N3O. The first-order valence-electron chi connectivity index (χ1n) is 9.70. The number of carbonyl (C=O) groups is 1. The van der Waals surface area contributed by atoms with Gasteiger partial charge < -0.3 is 5.32 Å². The molecule has 0 saturated heterocycles. The van der Waals surface area contributed by atoms with Crippen LogP contribution in [0.3, 0.4) is 0 Å². The first-order chi connectivity index (χ1) is 13.7. The molecule has 1 aliphatic carbocycles. The average molecular weight is 367 g/mol. The van der Waals surface area contributed by atoms with Gasteiger partial charge in [-0.05, 0) is 54.2 Å². The molecule has 0 radical (unpaired) electrons. The topological polar surface area (TPSA) is 54.9 Å². The van der Waals surface area contributed by atoms with Crippen molar-refractivity contribution >= 4 is 27.7 Å². The van der Waals surface area contributed by atoms with Crippen molar-refractivity contribution in [3.63, 3.8) is 0 Å². The molecule has 1 fully saturated rings. The van der Waals surface area contributed by atoms with E-state index in [9.17, 15) is 4.79 Å². The number of amides is 1. The van der Waals surface area contributed by atoms with Gasteiger partial charge in [-0.15, -0.1) is 0 Å². The van der Waals surface area contributed by atoms with Crippen molar-refractivity contribution in [2.24, 2.45) is 0 Å². The summed E-state index contributed by atoms with van der Waals surface area (Å²) in [5, 5.41) is 5.02. The Morgan fingerprint density at radius 2 is 1.96 bits per heavy atom. The van der Waals surface area contributed by atoms with E-state index < -0.39 is 0 Å². The summed E-state index contributed by atoms with van der Waals surface area (Å²) in [5.74, 6) is 0.631. The molecule has 0 spiro atoms. The number of fused-ring (bicyclic) bond motifs is 2. The minimum atomic E-state index is 0.0125. The standard InChI is InChI=1S/C24H21N3O/c1-25-24(28)12-15-4-9-19-20(16-5-6-16)14-22(27-23(19)11-15)18-8-7-17-3-2-10-26-21(17)13-18/h2-4,7-11,13-14,16H,5-6,12H2,1H3,(H,25,28). The molecule has 1 amide bonds. The second-order valence-corrected chi connectivity index (χ2v) is 7.48. The Morgan fingerprint density at radius 1 is 1.07 bits per heavy atom. The lowest BCUT2D eigenvalue weighted by atomic mass is 9.98. The van der Waals surface area contributed by atoms with Gasteiger partial charge in [-0.2, -0.15) is 0 Å². The zero-order valence-corrected chi connectivity index (χ0v) is 15.8. The second kappa shape index (κ2) is 6.71. The smallest absolute Gasteiger partial charge is 0.224 e. The summed E-state index contributed by atoms with van der Waals surface area (Å²) < 4.78 is 0. The van der Waals surface area contributed by atoms with Crippen molar-refractivity contribution < 1.29 is 4.79 Å². The van der Waals surface area contributed by atoms with Crippen LogP contribution in [0.15, 0.2) is 60.8 Å². The van der Waals surface area contributed by atoms with E-state index in [2.05, 4.69) is 52.8 Å². The molecule has 0 aliphatic heterocycles. The fourth-order valence-corrected chi connectivity index (χ4v) is 3.79. The first-order valence-corrected chi connectivity index (χ1v) is 9.70. The highest BCUT2D eigenvalue weighted by Crippen LogP contribution is 2.44. The summed E-state index contributed by atoms with van der Waals surface area (Å²) in [6.45, 7) is 0. The van der Waals surface area contributed by atoms with E-state index in [1.165, 1.54) is 23.8 Å². The number of rotatable bonds is 4. The molecule has 4 heteroatoms. The zero-order chi connectivity index (χ0) is 19.1. The van der Waals surface area contributed by atoms with Crippen molar-refractivity contribution in [2.45, 2.75) is 25.2 Å². The number of pyridine rings is 2. The van der Waals surface area contributed by atoms with Crippen LogP contribution < -0.4 is 5.32 Å². The zero-order valence-electron chi connectivity index (χ0n) is 15.8. The van der Waals surface area contributed by atoms with Gasteiger partial charge in [-0.25, -0.2) is 4.98 Å². The lowest BCUT2D eigenvalue weighted by Gasteiger charge is -2.11. The average Bonchev–Trinajstić information content (AvgIpc) is 3.57. The molecule has 0 atom stereocenters. The summed E-state index contributed by atoms with van der Waals surface area (Å²) in [7, 11) is 1.67. The molecule has 0 bridgehead atoms. The molecule has 4 nitrogen and oxygen atoms in total. The van der Waals surface area contributed by atoms with Gasteiger partial charge in [0.25, 0.3) is 0 Å². The van der Waals surface area contributed by atoms with E-state index in [0.29, 0.717) is 12.3 Å². The predicted octanol–water partition coefficient (Wildman–Crippen LogP) is 4.62. The third-order valence-electron chi connectivity index (χ3n) is 5.47. The molecule has 28 heavy (non-hydrogen) atoms. The van der Waals surface area contributed by atoms with Crippen LogP contribution in [0.5, 0.6) is 0 Å². The SMILES string of the molecule is CNC(=O)Cc1ccc2c(C3CC3)cc(-c3ccc4cccnc4c3)nc2c1. The van der Waals surface area contributed by atoms with Gasteiger partial charge in [0.2, 0.25) is 5.91 Å². The molecule has 1 aliphatic rings. The van der Waals surface area contributed by atoms with Crippen molar-refractivity contribution in [3.8, 4) is 11.3 Å². The fourth-order valence-electron chi connectivity index (χ4n) is 3.79. The summed E-state index contributed by atoms with van der Waals surface area (Å²) in [6.07, 6.45) is 4.66. The van der Waals surface area contributed by atoms with Gasteiger partial charge >= 0.3 is 0 Å². The molecular weight excluding hydrogens is 346 g/mol. The highest BCUT2D eigenvalue weighted by molar-refractivity contribution is 5.89. The van der Waals surface area contributed by atoms with Crippen LogP contribution in [0.4, 0.5) is 0 Å². The molecule has 1 saturated carbocycles. The molecule has 2 aromatic heterocycles. The van der Waals surface area contributed by atoms with Gasteiger partial charge in [0.15, 0.2) is 0 Å². The Bertz CT molecular complexity index is 1210. The largest absolute Gasteiger partial charge is 0.359 e. The maximum absolute atomic E-state index is 11.8. The fraction of sp³-hybridized carbons (Fsp3) is 0.208. The van der Waals surface area contributed by atoms with E-state index >= 15 is 0 Å². The normalized spacial score (nSPS) is 13.8. The predicted molar refractivity (Wildman–Crippen MR) is 112 cm³/mol. The third kappa shape index (κ3) is 3.11. The quantitative estimate of drug-likeness (QED) is 0.573. The van der Waals surface area contributed by atoms with Crippen LogP contribution in [0.1, 0.15) is 29.9 Å². The van der Waals surface area contributed by atoms with E-state index in [1.54, 1.807) is 7.05 Å². The van der Waals surface area contributed by atoms with Crippen molar-refractivity contribution in [1.82, 2.24) is 15.3 Å². The van der Waals surface area contributed by atoms with Crippen molar-refractivity contribution in [2.75, 3.05) is 7.05 Å². The molecule has 5 rings (SSSR count). The number of nitrogens with one attached hydrogen (secondary N) is 1. The van der Waals surface area contributed by atoms with Crippen LogP contribution in [0.25, 0.3) is 33.1 Å². The minimum Gasteiger partial charge on any atom is -0.359 e. The van der Waals surface area contributed by atoms with Crippen molar-refractivity contribution in [3.05, 3.63) is 71.9 Å². The summed E-state index contributed by atoms with van der Waals surface area (Å²) in [6, 6.07) is 18.8. The lowest BCUT2D eigenvalue weighted by molar-refractivity contribution is -0.119. The van der Waals surface area contributed by atoms with Gasteiger partial charge in [0.05, 0.1) is 23.1 Å². The van der Waals surface area contributed by atoms with Gasteiger partial charge in [0, 0.05) is 29.6 Å². The van der Waals surface area contributed by atoms with E-state index in [1.807, 2.05) is 18.3 Å². The maximum atomic E-state index is 11.8. The highest BCUT2D eigenvalue weighted by atomic mass is 16.1. The Balaban J connectivity index is 1.65. The van der Waals surface area contributed by atoms with E-state index in [4.69, 9.17) is 4.98 Å². The summed E-state index contributed by atoms with van der Waals surface area (Å²) >= 11 is 0. The van der Waals surface area contributed by atoms with Crippen molar-refractivity contribution in [1.29, 1.82) is 0 Å². The van der Waals surface area contributed by atoms with Crippen LogP contribution in [-0.4, -0.2) is 22.9 Å². The molecule has 138 valence electrons. The number of benzene rings is 2. The minimum absolute atomic E-state index is 0.0125. The number of likely N-dealkylation sites (N-methyl/N-ethyl adjacent to an activating group) is 1. The monoisotopic (exact) mass is 367 g/mol. The Labute approximate surface area is 163 Å². The molecule has 0 unspecified atom stereocenters. The third-order valence-corrected chi connectivity index (χ3v) is 5.47. The van der Waals surface area contributed by atoms with E-state index in [0.717, 1.165) is 33.2 Å². The Kier molecular flexibility index (Phi) is 4.05. The lowest BCUT2D eigenvalue weighted by Crippen LogP contribution is -2.19. The van der Waals surface area contributed by atoms with Gasteiger partial charge in [0.1, 0.15) is 0 Å². The van der Waals surface area contributed by atoms with Gasteiger partial charge in [-0.3, -0.25) is 9.78 Å². The maximum Gasteiger partial charge on any atom is 0.224 e. The molecule has 4 aromatic rings. The van der Waals surface area contributed by atoms with Crippen LogP contribution in [-0.2, 0) is 11.2 Å². The number of aromatic nitrogens is 2. The Morgan fingerprint density at radius 3 is 2.79 bits per heavy atom. The summed E-state index contributed by atoms with van der Waals surface area (Å²) in [5.41, 5.74) is 6.34. The highest BCUT2D eigenvalue weighted by Gasteiger charge is 2.26. The molecule has 2 heterocycles. The Hall–Kier alpha value is -3.27. The second-order valence-electron chi connectivity index (χ2n) is 7.48.